The van der Waals surface area contributed by atoms with Crippen LogP contribution in [0.2, 0.25) is 0 Å². The first-order valence-electron chi connectivity index (χ1n) is 6.97. The molecule has 2 atom stereocenters. The molecule has 2 fully saturated rings. The number of nitrogens with one attached hydrogen (secondary N) is 1. The number of hydrogen-bond acceptors (Lipinski definition) is 4. The van der Waals surface area contributed by atoms with Crippen LogP contribution in [0.4, 0.5) is 0 Å². The molecular formula is C15H20N2O3. The van der Waals surface area contributed by atoms with Gasteiger partial charge in [0.25, 0.3) is 0 Å². The smallest absolute Gasteiger partial charge is 0.231 e. The van der Waals surface area contributed by atoms with E-state index >= 15 is 0 Å². The lowest BCUT2D eigenvalue weighted by atomic mass is 9.71. The lowest BCUT2D eigenvalue weighted by molar-refractivity contribution is -0.169. The number of likely N-dealkylation sites (tertiary alicyclic amines) is 1. The summed E-state index contributed by atoms with van der Waals surface area (Å²) in [6, 6.07) is 7.77. The van der Waals surface area contributed by atoms with E-state index in [0.717, 1.165) is 24.3 Å². The molecule has 2 saturated heterocycles. The molecule has 1 spiro atoms. The van der Waals surface area contributed by atoms with Gasteiger partial charge in [0.15, 0.2) is 0 Å². The van der Waals surface area contributed by atoms with Crippen molar-refractivity contribution >= 4 is 5.91 Å². The maximum absolute atomic E-state index is 12.4. The van der Waals surface area contributed by atoms with Crippen molar-refractivity contribution in [3.63, 3.8) is 0 Å². The van der Waals surface area contributed by atoms with Crippen molar-refractivity contribution in [2.45, 2.75) is 25.6 Å². The van der Waals surface area contributed by atoms with Gasteiger partial charge in [-0.2, -0.15) is 0 Å². The number of carbonyl (C=O) groups is 1. The SMILES string of the molecule is COc1ccc(CN2C[C@]3(CCNC(O)C3)C2=O)cc1. The van der Waals surface area contributed by atoms with Gasteiger partial charge in [-0.1, -0.05) is 12.1 Å². The number of aliphatic hydroxyl groups is 1. The predicted molar refractivity (Wildman–Crippen MR) is 74.1 cm³/mol. The first-order valence-corrected chi connectivity index (χ1v) is 6.97. The van der Waals surface area contributed by atoms with Crippen molar-refractivity contribution < 1.29 is 14.6 Å². The van der Waals surface area contributed by atoms with Gasteiger partial charge in [0, 0.05) is 19.5 Å². The van der Waals surface area contributed by atoms with Crippen LogP contribution < -0.4 is 10.1 Å². The van der Waals surface area contributed by atoms with Gasteiger partial charge in [-0.25, -0.2) is 0 Å². The molecule has 0 bridgehead atoms. The minimum absolute atomic E-state index is 0.175. The van der Waals surface area contributed by atoms with E-state index < -0.39 is 6.23 Å². The van der Waals surface area contributed by atoms with Crippen molar-refractivity contribution in [1.29, 1.82) is 0 Å². The van der Waals surface area contributed by atoms with E-state index in [-0.39, 0.29) is 11.3 Å². The molecule has 0 aliphatic carbocycles. The monoisotopic (exact) mass is 276 g/mol. The van der Waals surface area contributed by atoms with Gasteiger partial charge in [-0.05, 0) is 30.7 Å². The number of carbonyl (C=O) groups excluding carboxylic acids is 1. The first-order chi connectivity index (χ1) is 9.63. The lowest BCUT2D eigenvalue weighted by Gasteiger charge is -2.52. The lowest BCUT2D eigenvalue weighted by Crippen LogP contribution is -2.65. The van der Waals surface area contributed by atoms with E-state index in [0.29, 0.717) is 19.5 Å². The zero-order valence-corrected chi connectivity index (χ0v) is 11.6. The van der Waals surface area contributed by atoms with Crippen LogP contribution in [-0.2, 0) is 11.3 Å². The van der Waals surface area contributed by atoms with Crippen molar-refractivity contribution in [1.82, 2.24) is 10.2 Å². The molecule has 3 rings (SSSR count). The summed E-state index contributed by atoms with van der Waals surface area (Å²) in [5.74, 6) is 0.996. The van der Waals surface area contributed by atoms with Gasteiger partial charge in [0.2, 0.25) is 5.91 Å². The fourth-order valence-corrected chi connectivity index (χ4v) is 3.19. The van der Waals surface area contributed by atoms with Crippen LogP contribution in [0.3, 0.4) is 0 Å². The normalized spacial score (nSPS) is 29.4. The topological polar surface area (TPSA) is 61.8 Å². The summed E-state index contributed by atoms with van der Waals surface area (Å²) in [5, 5.41) is 12.6. The van der Waals surface area contributed by atoms with Crippen LogP contribution in [0, 0.1) is 5.41 Å². The first kappa shape index (κ1) is 13.4. The largest absolute Gasteiger partial charge is 0.497 e. The standard InChI is InChI=1S/C15H20N2O3/c1-20-12-4-2-11(3-5-12)9-17-10-15(14(17)19)6-7-16-13(18)8-15/h2-5,13,16,18H,6-10H2,1H3/t13?,15-/m1/s1. The van der Waals surface area contributed by atoms with Crippen molar-refractivity contribution in [2.75, 3.05) is 20.2 Å². The minimum atomic E-state index is -0.546. The highest BCUT2D eigenvalue weighted by atomic mass is 16.5. The number of benzene rings is 1. The summed E-state index contributed by atoms with van der Waals surface area (Å²) < 4.78 is 5.12. The van der Waals surface area contributed by atoms with Crippen LogP contribution in [0.1, 0.15) is 18.4 Å². The average Bonchev–Trinajstić information content (AvgIpc) is 2.47. The zero-order chi connectivity index (χ0) is 14.2. The Kier molecular flexibility index (Phi) is 3.40. The Morgan fingerprint density at radius 1 is 1.45 bits per heavy atom. The van der Waals surface area contributed by atoms with Gasteiger partial charge < -0.3 is 14.7 Å². The Morgan fingerprint density at radius 3 is 2.80 bits per heavy atom. The Hall–Kier alpha value is -1.59. The predicted octanol–water partition coefficient (Wildman–Crippen LogP) is 0.726. The number of aliphatic hydroxyl groups excluding tert-OH is 1. The van der Waals surface area contributed by atoms with E-state index in [1.807, 2.05) is 29.2 Å². The summed E-state index contributed by atoms with van der Waals surface area (Å²) in [5.41, 5.74) is 0.778. The Bertz CT molecular complexity index is 502. The van der Waals surface area contributed by atoms with Crippen LogP contribution in [-0.4, -0.2) is 42.3 Å². The van der Waals surface area contributed by atoms with Crippen LogP contribution >= 0.6 is 0 Å². The number of nitrogens with zero attached hydrogens (tertiary/aromatic N) is 1. The third kappa shape index (κ3) is 2.27. The van der Waals surface area contributed by atoms with Gasteiger partial charge >= 0.3 is 0 Å². The van der Waals surface area contributed by atoms with Gasteiger partial charge in [-0.3, -0.25) is 10.1 Å². The molecule has 1 aromatic rings. The highest BCUT2D eigenvalue weighted by Crippen LogP contribution is 2.42. The summed E-state index contributed by atoms with van der Waals surface area (Å²) in [4.78, 5) is 14.2. The molecule has 0 saturated carbocycles. The molecule has 5 heteroatoms. The Labute approximate surface area is 118 Å². The zero-order valence-electron chi connectivity index (χ0n) is 11.6. The summed E-state index contributed by atoms with van der Waals surface area (Å²) in [6.07, 6.45) is 0.809. The third-order valence-electron chi connectivity index (χ3n) is 4.33. The van der Waals surface area contributed by atoms with Crippen LogP contribution in [0.5, 0.6) is 5.75 Å². The maximum atomic E-state index is 12.4. The Morgan fingerprint density at radius 2 is 2.20 bits per heavy atom. The number of piperidine rings is 1. The second-order valence-electron chi connectivity index (χ2n) is 5.71. The minimum Gasteiger partial charge on any atom is -0.497 e. The molecule has 1 unspecified atom stereocenters. The summed E-state index contributed by atoms with van der Waals surface area (Å²) in [6.45, 7) is 2.09. The van der Waals surface area contributed by atoms with Gasteiger partial charge in [0.05, 0.1) is 12.5 Å². The van der Waals surface area contributed by atoms with Crippen molar-refractivity contribution in [3.05, 3.63) is 29.8 Å². The highest BCUT2D eigenvalue weighted by Gasteiger charge is 2.53. The molecule has 1 amide bonds. The van der Waals surface area contributed by atoms with E-state index in [2.05, 4.69) is 5.32 Å². The molecule has 20 heavy (non-hydrogen) atoms. The molecule has 1 aromatic carbocycles. The van der Waals surface area contributed by atoms with Gasteiger partial charge in [-0.15, -0.1) is 0 Å². The quantitative estimate of drug-likeness (QED) is 0.799. The van der Waals surface area contributed by atoms with Crippen LogP contribution in [0.15, 0.2) is 24.3 Å². The number of β-lactam (4-membered cyclic amide) rings is 1. The molecule has 5 nitrogen and oxygen atoms in total. The number of methoxy groups -OCH3 is 1. The molecule has 2 aliphatic heterocycles. The van der Waals surface area contributed by atoms with E-state index in [1.165, 1.54) is 0 Å². The Balaban J connectivity index is 1.62. The molecular weight excluding hydrogens is 256 g/mol. The second-order valence-corrected chi connectivity index (χ2v) is 5.71. The van der Waals surface area contributed by atoms with E-state index in [9.17, 15) is 9.90 Å². The molecule has 0 radical (unpaired) electrons. The van der Waals surface area contributed by atoms with Crippen molar-refractivity contribution in [2.24, 2.45) is 5.41 Å². The van der Waals surface area contributed by atoms with Crippen LogP contribution in [0.25, 0.3) is 0 Å². The van der Waals surface area contributed by atoms with E-state index in [4.69, 9.17) is 4.74 Å². The molecule has 2 aliphatic rings. The van der Waals surface area contributed by atoms with Crippen molar-refractivity contribution in [3.8, 4) is 5.75 Å². The molecule has 2 N–H and O–H groups in total. The molecule has 2 heterocycles. The summed E-state index contributed by atoms with van der Waals surface area (Å²) in [7, 11) is 1.64. The number of amides is 1. The molecule has 0 aromatic heterocycles. The second kappa shape index (κ2) is 5.07. The molecule has 108 valence electrons. The van der Waals surface area contributed by atoms with E-state index in [1.54, 1.807) is 7.11 Å². The average molecular weight is 276 g/mol. The highest BCUT2D eigenvalue weighted by molar-refractivity contribution is 5.89. The number of hydrogen-bond donors (Lipinski definition) is 2. The maximum Gasteiger partial charge on any atom is 0.231 e. The fourth-order valence-electron chi connectivity index (χ4n) is 3.19. The number of rotatable bonds is 3. The summed E-state index contributed by atoms with van der Waals surface area (Å²) >= 11 is 0. The number of ether oxygens (including phenoxy) is 1. The van der Waals surface area contributed by atoms with Gasteiger partial charge in [0.1, 0.15) is 12.0 Å². The fraction of sp³-hybridized carbons (Fsp3) is 0.533. The third-order valence-corrected chi connectivity index (χ3v) is 4.33.